The Hall–Kier alpha value is -2.34. The van der Waals surface area contributed by atoms with Crippen molar-refractivity contribution in [2.24, 2.45) is 0 Å². The van der Waals surface area contributed by atoms with Gasteiger partial charge in [-0.15, -0.1) is 0 Å². The van der Waals surface area contributed by atoms with E-state index in [1.165, 1.54) is 0 Å². The lowest BCUT2D eigenvalue weighted by molar-refractivity contribution is 0.0580. The van der Waals surface area contributed by atoms with E-state index in [9.17, 15) is 9.90 Å². The van der Waals surface area contributed by atoms with Crippen LogP contribution in [0.1, 0.15) is 31.2 Å². The highest BCUT2D eigenvalue weighted by molar-refractivity contribution is 5.91. The molecule has 24 heavy (non-hydrogen) atoms. The summed E-state index contributed by atoms with van der Waals surface area (Å²) in [5, 5.41) is 17.2. The van der Waals surface area contributed by atoms with Crippen LogP contribution in [-0.4, -0.2) is 44.0 Å². The quantitative estimate of drug-likeness (QED) is 0.891. The molecule has 126 valence electrons. The van der Waals surface area contributed by atoms with E-state index < -0.39 is 0 Å². The Morgan fingerprint density at radius 3 is 2.71 bits per heavy atom. The fourth-order valence-corrected chi connectivity index (χ4v) is 3.97. The van der Waals surface area contributed by atoms with Gasteiger partial charge in [0.25, 0.3) is 0 Å². The topological polar surface area (TPSA) is 70.4 Å². The van der Waals surface area contributed by atoms with Gasteiger partial charge in [0, 0.05) is 30.2 Å². The lowest BCUT2D eigenvalue weighted by Gasteiger charge is -2.37. The predicted molar refractivity (Wildman–Crippen MR) is 91.2 cm³/mol. The third-order valence-electron chi connectivity index (χ3n) is 5.17. The number of benzene rings is 1. The molecule has 3 heterocycles. The van der Waals surface area contributed by atoms with E-state index in [1.54, 1.807) is 10.9 Å². The standard InChI is InChI=1S/C18H22N4O2/c1-12-3-4-13(21-8-2-7-19-21)11-17(12)20-18(24)22-14-5-6-15(22)10-16(23)9-14/h2-4,7-8,11,14-16,23H,5-6,9-10H2,1H3,(H,20,24)/t14-,15-/m0/s1. The van der Waals surface area contributed by atoms with Crippen LogP contribution in [0.25, 0.3) is 5.69 Å². The first-order valence-corrected chi connectivity index (χ1v) is 8.50. The number of rotatable bonds is 2. The van der Waals surface area contributed by atoms with E-state index in [2.05, 4.69) is 10.4 Å². The van der Waals surface area contributed by atoms with Gasteiger partial charge in [0.1, 0.15) is 0 Å². The van der Waals surface area contributed by atoms with Gasteiger partial charge in [-0.1, -0.05) is 6.07 Å². The molecular weight excluding hydrogens is 304 g/mol. The summed E-state index contributed by atoms with van der Waals surface area (Å²) in [6.45, 7) is 1.98. The monoisotopic (exact) mass is 326 g/mol. The molecule has 1 aromatic heterocycles. The molecule has 2 saturated heterocycles. The molecule has 0 spiro atoms. The first-order chi connectivity index (χ1) is 11.6. The Balaban J connectivity index is 1.55. The van der Waals surface area contributed by atoms with Crippen LogP contribution in [0.5, 0.6) is 0 Å². The number of aliphatic hydroxyl groups excluding tert-OH is 1. The minimum Gasteiger partial charge on any atom is -0.393 e. The highest BCUT2D eigenvalue weighted by Gasteiger charge is 2.42. The van der Waals surface area contributed by atoms with E-state index in [0.717, 1.165) is 29.8 Å². The maximum absolute atomic E-state index is 12.8. The summed E-state index contributed by atoms with van der Waals surface area (Å²) in [4.78, 5) is 14.7. The number of aromatic nitrogens is 2. The minimum absolute atomic E-state index is 0.0601. The van der Waals surface area contributed by atoms with Crippen molar-refractivity contribution in [3.05, 3.63) is 42.2 Å². The maximum atomic E-state index is 12.8. The summed E-state index contributed by atoms with van der Waals surface area (Å²) in [5.41, 5.74) is 2.74. The lowest BCUT2D eigenvalue weighted by Crippen LogP contribution is -2.49. The molecule has 0 radical (unpaired) electrons. The number of nitrogens with zero attached hydrogens (tertiary/aromatic N) is 3. The zero-order chi connectivity index (χ0) is 16.7. The van der Waals surface area contributed by atoms with Crippen LogP contribution < -0.4 is 5.32 Å². The Bertz CT molecular complexity index is 729. The van der Waals surface area contributed by atoms with Crippen LogP contribution in [0.3, 0.4) is 0 Å². The Kier molecular flexibility index (Phi) is 3.76. The van der Waals surface area contributed by atoms with E-state index >= 15 is 0 Å². The second-order valence-electron chi connectivity index (χ2n) is 6.80. The third kappa shape index (κ3) is 2.67. The van der Waals surface area contributed by atoms with Crippen molar-refractivity contribution >= 4 is 11.7 Å². The summed E-state index contributed by atoms with van der Waals surface area (Å²) >= 11 is 0. The number of piperidine rings is 1. The van der Waals surface area contributed by atoms with Crippen molar-refractivity contribution in [1.82, 2.24) is 14.7 Å². The zero-order valence-electron chi connectivity index (χ0n) is 13.7. The molecule has 0 saturated carbocycles. The van der Waals surface area contributed by atoms with Gasteiger partial charge in [0.2, 0.25) is 0 Å². The van der Waals surface area contributed by atoms with Gasteiger partial charge >= 0.3 is 6.03 Å². The van der Waals surface area contributed by atoms with Crippen molar-refractivity contribution in [2.45, 2.75) is 50.8 Å². The Labute approximate surface area is 141 Å². The number of fused-ring (bicyclic) bond motifs is 2. The van der Waals surface area contributed by atoms with Crippen molar-refractivity contribution in [2.75, 3.05) is 5.32 Å². The van der Waals surface area contributed by atoms with Crippen molar-refractivity contribution in [1.29, 1.82) is 0 Å². The van der Waals surface area contributed by atoms with E-state index in [1.807, 2.05) is 42.3 Å². The highest BCUT2D eigenvalue weighted by atomic mass is 16.3. The number of urea groups is 1. The molecule has 1 aromatic carbocycles. The molecule has 2 amide bonds. The number of carbonyl (C=O) groups excluding carboxylic acids is 1. The van der Waals surface area contributed by atoms with E-state index in [0.29, 0.717) is 12.8 Å². The van der Waals surface area contributed by atoms with Crippen molar-refractivity contribution in [3.63, 3.8) is 0 Å². The van der Waals surface area contributed by atoms with Gasteiger partial charge in [-0.25, -0.2) is 9.48 Å². The third-order valence-corrected chi connectivity index (χ3v) is 5.17. The fraction of sp³-hybridized carbons (Fsp3) is 0.444. The Morgan fingerprint density at radius 1 is 1.29 bits per heavy atom. The number of nitrogens with one attached hydrogen (secondary N) is 1. The second-order valence-corrected chi connectivity index (χ2v) is 6.80. The molecule has 0 unspecified atom stereocenters. The molecule has 6 heteroatoms. The van der Waals surface area contributed by atoms with Crippen LogP contribution in [-0.2, 0) is 0 Å². The average Bonchev–Trinajstić information content (AvgIpc) is 3.17. The number of aliphatic hydroxyl groups is 1. The SMILES string of the molecule is Cc1ccc(-n2cccn2)cc1NC(=O)N1[C@H]2CC[C@H]1CC(O)C2. The predicted octanol–water partition coefficient (Wildman–Crippen LogP) is 2.70. The average molecular weight is 326 g/mol. The molecule has 6 nitrogen and oxygen atoms in total. The van der Waals surface area contributed by atoms with E-state index in [-0.39, 0.29) is 24.2 Å². The normalized spacial score (nSPS) is 25.8. The number of aryl methyl sites for hydroxylation is 1. The van der Waals surface area contributed by atoms with Crippen molar-refractivity contribution in [3.8, 4) is 5.69 Å². The minimum atomic E-state index is -0.267. The summed E-state index contributed by atoms with van der Waals surface area (Å²) in [6.07, 6.45) is 6.70. The fourth-order valence-electron chi connectivity index (χ4n) is 3.97. The molecule has 2 atom stereocenters. The first-order valence-electron chi connectivity index (χ1n) is 8.50. The smallest absolute Gasteiger partial charge is 0.322 e. The van der Waals surface area contributed by atoms with Crippen LogP contribution in [0.4, 0.5) is 10.5 Å². The van der Waals surface area contributed by atoms with Gasteiger partial charge in [-0.2, -0.15) is 5.10 Å². The van der Waals surface area contributed by atoms with Crippen LogP contribution in [0.2, 0.25) is 0 Å². The largest absolute Gasteiger partial charge is 0.393 e. The van der Waals surface area contributed by atoms with Gasteiger partial charge in [0.15, 0.2) is 0 Å². The second kappa shape index (κ2) is 5.94. The van der Waals surface area contributed by atoms with Gasteiger partial charge in [-0.3, -0.25) is 0 Å². The first kappa shape index (κ1) is 15.2. The molecule has 2 aliphatic rings. The number of carbonyl (C=O) groups is 1. The number of hydrogen-bond donors (Lipinski definition) is 2. The van der Waals surface area contributed by atoms with Gasteiger partial charge in [0.05, 0.1) is 11.8 Å². The zero-order valence-corrected chi connectivity index (χ0v) is 13.7. The number of hydrogen-bond acceptors (Lipinski definition) is 3. The molecular formula is C18H22N4O2. The van der Waals surface area contributed by atoms with Crippen molar-refractivity contribution < 1.29 is 9.90 Å². The van der Waals surface area contributed by atoms with Crippen LogP contribution in [0, 0.1) is 6.92 Å². The molecule has 2 fully saturated rings. The lowest BCUT2D eigenvalue weighted by atomic mass is 10.0. The molecule has 2 bridgehead atoms. The molecule has 4 rings (SSSR count). The number of amides is 2. The molecule has 2 N–H and O–H groups in total. The number of anilines is 1. The molecule has 2 aromatic rings. The van der Waals surface area contributed by atoms with Crippen LogP contribution in [0.15, 0.2) is 36.7 Å². The van der Waals surface area contributed by atoms with Gasteiger partial charge in [-0.05, 0) is 56.4 Å². The van der Waals surface area contributed by atoms with Crippen LogP contribution >= 0.6 is 0 Å². The molecule has 2 aliphatic heterocycles. The maximum Gasteiger partial charge on any atom is 0.322 e. The highest BCUT2D eigenvalue weighted by Crippen LogP contribution is 2.36. The molecule has 0 aliphatic carbocycles. The summed E-state index contributed by atoms with van der Waals surface area (Å²) < 4.78 is 1.77. The summed E-state index contributed by atoms with van der Waals surface area (Å²) in [5.74, 6) is 0. The van der Waals surface area contributed by atoms with E-state index in [4.69, 9.17) is 0 Å². The Morgan fingerprint density at radius 2 is 2.04 bits per heavy atom. The summed E-state index contributed by atoms with van der Waals surface area (Å²) in [6, 6.07) is 8.05. The summed E-state index contributed by atoms with van der Waals surface area (Å²) in [7, 11) is 0. The van der Waals surface area contributed by atoms with Gasteiger partial charge < -0.3 is 15.3 Å².